The van der Waals surface area contributed by atoms with Crippen molar-refractivity contribution in [2.24, 2.45) is 0 Å². The van der Waals surface area contributed by atoms with Gasteiger partial charge in [-0.15, -0.1) is 0 Å². The van der Waals surface area contributed by atoms with Crippen molar-refractivity contribution in [3.8, 4) is 11.5 Å². The number of benzene rings is 2. The Hall–Kier alpha value is -2.60. The number of halogens is 1. The van der Waals surface area contributed by atoms with Crippen LogP contribution in [-0.4, -0.2) is 30.3 Å². The van der Waals surface area contributed by atoms with Gasteiger partial charge >= 0.3 is 6.09 Å². The zero-order chi connectivity index (χ0) is 17.4. The Morgan fingerprint density at radius 2 is 2.12 bits per heavy atom. The van der Waals surface area contributed by atoms with E-state index in [1.807, 2.05) is 12.1 Å². The fourth-order valence-corrected chi connectivity index (χ4v) is 2.89. The van der Waals surface area contributed by atoms with E-state index >= 15 is 0 Å². The van der Waals surface area contributed by atoms with Crippen molar-refractivity contribution in [1.82, 2.24) is 4.90 Å². The molecule has 0 unspecified atom stereocenters. The predicted octanol–water partition coefficient (Wildman–Crippen LogP) is 3.43. The molecule has 0 spiro atoms. The van der Waals surface area contributed by atoms with Gasteiger partial charge in [-0.3, -0.25) is 4.90 Å². The predicted molar refractivity (Wildman–Crippen MR) is 88.1 cm³/mol. The Morgan fingerprint density at radius 1 is 1.28 bits per heavy atom. The highest BCUT2D eigenvalue weighted by atomic mass is 19.1. The molecule has 5 nitrogen and oxygen atoms in total. The molecule has 0 aliphatic carbocycles. The molecule has 0 N–H and O–H groups in total. The minimum atomic E-state index is -0.488. The number of carbonyl (C=O) groups is 1. The maximum atomic E-state index is 14.2. The van der Waals surface area contributed by atoms with Crippen molar-refractivity contribution in [2.45, 2.75) is 26.1 Å². The van der Waals surface area contributed by atoms with Crippen LogP contribution in [0.15, 0.2) is 36.4 Å². The molecule has 0 atom stereocenters. The van der Waals surface area contributed by atoms with Gasteiger partial charge in [-0.2, -0.15) is 0 Å². The molecule has 0 radical (unpaired) electrons. The van der Waals surface area contributed by atoms with Crippen molar-refractivity contribution >= 4 is 6.09 Å². The molecule has 2 aliphatic heterocycles. The second-order valence-corrected chi connectivity index (χ2v) is 6.32. The molecule has 0 bridgehead atoms. The lowest BCUT2D eigenvalue weighted by molar-refractivity contribution is -0.0797. The SMILES string of the molecule is Cc1cccc(CN2Cc3ccc(OC4COC4)cc3OC2=O)c1F. The van der Waals surface area contributed by atoms with Gasteiger partial charge in [-0.1, -0.05) is 18.2 Å². The summed E-state index contributed by atoms with van der Waals surface area (Å²) < 4.78 is 30.4. The second kappa shape index (κ2) is 6.37. The monoisotopic (exact) mass is 343 g/mol. The number of hydrogen-bond donors (Lipinski definition) is 0. The van der Waals surface area contributed by atoms with Crippen molar-refractivity contribution in [2.75, 3.05) is 13.2 Å². The zero-order valence-corrected chi connectivity index (χ0v) is 13.8. The third-order valence-electron chi connectivity index (χ3n) is 4.40. The number of nitrogens with zero attached hydrogens (tertiary/aromatic N) is 1. The zero-order valence-electron chi connectivity index (χ0n) is 13.8. The van der Waals surface area contributed by atoms with Crippen molar-refractivity contribution in [3.05, 3.63) is 58.9 Å². The topological polar surface area (TPSA) is 48.0 Å². The highest BCUT2D eigenvalue weighted by Gasteiger charge is 2.27. The van der Waals surface area contributed by atoms with Crippen molar-refractivity contribution < 1.29 is 23.4 Å². The van der Waals surface area contributed by atoms with Gasteiger partial charge in [0, 0.05) is 17.2 Å². The molecule has 0 aromatic heterocycles. The van der Waals surface area contributed by atoms with Gasteiger partial charge in [0.25, 0.3) is 0 Å². The summed E-state index contributed by atoms with van der Waals surface area (Å²) in [6.45, 7) is 3.40. The Bertz CT molecular complexity index is 819. The fourth-order valence-electron chi connectivity index (χ4n) is 2.89. The minimum absolute atomic E-state index is 0.0538. The summed E-state index contributed by atoms with van der Waals surface area (Å²) >= 11 is 0. The van der Waals surface area contributed by atoms with E-state index in [1.165, 1.54) is 4.90 Å². The van der Waals surface area contributed by atoms with Gasteiger partial charge in [-0.25, -0.2) is 9.18 Å². The largest absolute Gasteiger partial charge is 0.485 e. The molecule has 1 saturated heterocycles. The molecule has 1 amide bonds. The molecule has 2 aromatic carbocycles. The molecule has 2 aliphatic rings. The van der Waals surface area contributed by atoms with Crippen LogP contribution in [-0.2, 0) is 17.8 Å². The quantitative estimate of drug-likeness (QED) is 0.853. The first-order valence-corrected chi connectivity index (χ1v) is 8.18. The van der Waals surface area contributed by atoms with Crippen molar-refractivity contribution in [3.63, 3.8) is 0 Å². The molecule has 6 heteroatoms. The molecule has 25 heavy (non-hydrogen) atoms. The number of rotatable bonds is 4. The first kappa shape index (κ1) is 15.9. The summed E-state index contributed by atoms with van der Waals surface area (Å²) in [5, 5.41) is 0. The normalized spacial score (nSPS) is 16.9. The molecule has 4 rings (SSSR count). The van der Waals surface area contributed by atoms with Crippen LogP contribution in [0, 0.1) is 12.7 Å². The average molecular weight is 343 g/mol. The minimum Gasteiger partial charge on any atom is -0.485 e. The average Bonchev–Trinajstić information content (AvgIpc) is 2.56. The van der Waals surface area contributed by atoms with Gasteiger partial charge in [0.05, 0.1) is 26.3 Å². The van der Waals surface area contributed by atoms with E-state index in [2.05, 4.69) is 0 Å². The number of aryl methyl sites for hydroxylation is 1. The third kappa shape index (κ3) is 3.17. The van der Waals surface area contributed by atoms with Crippen molar-refractivity contribution in [1.29, 1.82) is 0 Å². The fraction of sp³-hybridized carbons (Fsp3) is 0.316. The summed E-state index contributed by atoms with van der Waals surface area (Å²) in [6, 6.07) is 10.6. The van der Waals surface area contributed by atoms with Crippen LogP contribution in [0.5, 0.6) is 11.5 Å². The highest BCUT2D eigenvalue weighted by molar-refractivity contribution is 5.73. The number of carbonyl (C=O) groups excluding carboxylic acids is 1. The lowest BCUT2D eigenvalue weighted by Gasteiger charge is -2.30. The molecular weight excluding hydrogens is 325 g/mol. The van der Waals surface area contributed by atoms with E-state index in [4.69, 9.17) is 14.2 Å². The van der Waals surface area contributed by atoms with E-state index < -0.39 is 6.09 Å². The maximum Gasteiger partial charge on any atom is 0.415 e. The lowest BCUT2D eigenvalue weighted by Crippen LogP contribution is -2.39. The van der Waals surface area contributed by atoms with Crippen LogP contribution in [0.1, 0.15) is 16.7 Å². The van der Waals surface area contributed by atoms with Gasteiger partial charge < -0.3 is 14.2 Å². The standard InChI is InChI=1S/C19H18FNO4/c1-12-3-2-4-14(18(12)20)9-21-8-13-5-6-15(24-16-10-23-11-16)7-17(13)25-19(21)22/h2-7,16H,8-11H2,1H3. The first-order chi connectivity index (χ1) is 12.1. The van der Waals surface area contributed by atoms with Gasteiger partial charge in [0.15, 0.2) is 0 Å². The van der Waals surface area contributed by atoms with Crippen LogP contribution in [0.25, 0.3) is 0 Å². The van der Waals surface area contributed by atoms with E-state index in [9.17, 15) is 9.18 Å². The summed E-state index contributed by atoms with van der Waals surface area (Å²) in [5.41, 5.74) is 1.90. The molecule has 2 heterocycles. The van der Waals surface area contributed by atoms with Gasteiger partial charge in [-0.05, 0) is 24.6 Å². The summed E-state index contributed by atoms with van der Waals surface area (Å²) in [7, 11) is 0. The van der Waals surface area contributed by atoms with E-state index in [-0.39, 0.29) is 18.5 Å². The van der Waals surface area contributed by atoms with Crippen LogP contribution >= 0.6 is 0 Å². The lowest BCUT2D eigenvalue weighted by atomic mass is 10.1. The summed E-state index contributed by atoms with van der Waals surface area (Å²) in [4.78, 5) is 13.8. The van der Waals surface area contributed by atoms with E-state index in [0.29, 0.717) is 42.4 Å². The van der Waals surface area contributed by atoms with E-state index in [1.54, 1.807) is 31.2 Å². The Morgan fingerprint density at radius 3 is 2.88 bits per heavy atom. The molecule has 2 aromatic rings. The van der Waals surface area contributed by atoms with Crippen LogP contribution in [0.4, 0.5) is 9.18 Å². The number of ether oxygens (including phenoxy) is 3. The Balaban J connectivity index is 1.50. The molecule has 0 saturated carbocycles. The number of hydrogen-bond acceptors (Lipinski definition) is 4. The smallest absolute Gasteiger partial charge is 0.415 e. The summed E-state index contributed by atoms with van der Waals surface area (Å²) in [5.74, 6) is 0.856. The number of fused-ring (bicyclic) bond motifs is 1. The second-order valence-electron chi connectivity index (χ2n) is 6.32. The Kier molecular flexibility index (Phi) is 4.05. The third-order valence-corrected chi connectivity index (χ3v) is 4.40. The molecule has 1 fully saturated rings. The van der Waals surface area contributed by atoms with Crippen LogP contribution in [0.2, 0.25) is 0 Å². The highest BCUT2D eigenvalue weighted by Crippen LogP contribution is 2.32. The van der Waals surface area contributed by atoms with Crippen LogP contribution in [0.3, 0.4) is 0 Å². The Labute approximate surface area is 144 Å². The van der Waals surface area contributed by atoms with E-state index in [0.717, 1.165) is 5.56 Å². The van der Waals surface area contributed by atoms with Gasteiger partial charge in [0.2, 0.25) is 0 Å². The first-order valence-electron chi connectivity index (χ1n) is 8.18. The summed E-state index contributed by atoms with van der Waals surface area (Å²) in [6.07, 6.45) is -0.435. The molecular formula is C19H18FNO4. The number of amides is 1. The molecule has 130 valence electrons. The maximum absolute atomic E-state index is 14.2. The van der Waals surface area contributed by atoms with Crippen LogP contribution < -0.4 is 9.47 Å². The van der Waals surface area contributed by atoms with Gasteiger partial charge in [0.1, 0.15) is 23.4 Å².